The SMILES string of the molecule is COCC(C)(C)Nc1ccc(N)c2cc(Br)cnc12. The average Bonchev–Trinajstić information content (AvgIpc) is 2.33. The number of hydrogen-bond donors (Lipinski definition) is 2. The van der Waals surface area contributed by atoms with Gasteiger partial charge in [-0.25, -0.2) is 0 Å². The van der Waals surface area contributed by atoms with Gasteiger partial charge in [-0.15, -0.1) is 0 Å². The molecular weight excluding hydrogens is 306 g/mol. The summed E-state index contributed by atoms with van der Waals surface area (Å²) in [6.45, 7) is 4.77. The largest absolute Gasteiger partial charge is 0.398 e. The minimum absolute atomic E-state index is 0.174. The number of hydrogen-bond acceptors (Lipinski definition) is 4. The van der Waals surface area contributed by atoms with Crippen LogP contribution in [-0.2, 0) is 4.74 Å². The number of anilines is 2. The Kier molecular flexibility index (Phi) is 3.96. The topological polar surface area (TPSA) is 60.2 Å². The van der Waals surface area contributed by atoms with Crippen molar-refractivity contribution in [3.63, 3.8) is 0 Å². The Morgan fingerprint density at radius 3 is 2.84 bits per heavy atom. The zero-order valence-electron chi connectivity index (χ0n) is 11.3. The molecule has 19 heavy (non-hydrogen) atoms. The number of ether oxygens (including phenoxy) is 1. The highest BCUT2D eigenvalue weighted by Crippen LogP contribution is 2.30. The van der Waals surface area contributed by atoms with Crippen molar-refractivity contribution in [2.45, 2.75) is 19.4 Å². The molecule has 5 heteroatoms. The second-order valence-electron chi connectivity index (χ2n) is 5.19. The summed E-state index contributed by atoms with van der Waals surface area (Å²) in [6.07, 6.45) is 1.77. The third-order valence-corrected chi connectivity index (χ3v) is 3.26. The summed E-state index contributed by atoms with van der Waals surface area (Å²) in [5, 5.41) is 4.39. The Labute approximate surface area is 121 Å². The number of nitrogens with two attached hydrogens (primary N) is 1. The molecule has 0 spiro atoms. The standard InChI is InChI=1S/C14H18BrN3O/c1-14(2,8-19-3)18-12-5-4-11(16)10-6-9(15)7-17-13(10)12/h4-7,18H,8,16H2,1-3H3. The Bertz CT molecular complexity index is 599. The molecule has 1 heterocycles. The Morgan fingerprint density at radius 1 is 1.42 bits per heavy atom. The van der Waals surface area contributed by atoms with Crippen LogP contribution in [0.25, 0.3) is 10.9 Å². The minimum Gasteiger partial charge on any atom is -0.398 e. The molecule has 0 fully saturated rings. The van der Waals surface area contributed by atoms with Crippen LogP contribution in [0.1, 0.15) is 13.8 Å². The first-order chi connectivity index (χ1) is 8.93. The third kappa shape index (κ3) is 3.16. The first-order valence-electron chi connectivity index (χ1n) is 6.04. The lowest BCUT2D eigenvalue weighted by molar-refractivity contribution is 0.158. The van der Waals surface area contributed by atoms with E-state index in [1.165, 1.54) is 0 Å². The van der Waals surface area contributed by atoms with Crippen molar-refractivity contribution in [1.82, 2.24) is 4.98 Å². The van der Waals surface area contributed by atoms with Crippen molar-refractivity contribution in [3.8, 4) is 0 Å². The summed E-state index contributed by atoms with van der Waals surface area (Å²) in [5.41, 5.74) is 8.38. The number of fused-ring (bicyclic) bond motifs is 1. The van der Waals surface area contributed by atoms with Crippen LogP contribution in [0.4, 0.5) is 11.4 Å². The van der Waals surface area contributed by atoms with Gasteiger partial charge in [0.15, 0.2) is 0 Å². The normalized spacial score (nSPS) is 11.8. The van der Waals surface area contributed by atoms with Gasteiger partial charge in [-0.1, -0.05) is 0 Å². The molecule has 0 atom stereocenters. The van der Waals surface area contributed by atoms with Crippen LogP contribution >= 0.6 is 15.9 Å². The molecule has 102 valence electrons. The van der Waals surface area contributed by atoms with E-state index in [-0.39, 0.29) is 5.54 Å². The molecule has 0 amide bonds. The number of halogens is 1. The van der Waals surface area contributed by atoms with Gasteiger partial charge in [-0.3, -0.25) is 4.98 Å². The van der Waals surface area contributed by atoms with Crippen molar-refractivity contribution in [2.75, 3.05) is 24.8 Å². The highest BCUT2D eigenvalue weighted by molar-refractivity contribution is 9.10. The highest BCUT2D eigenvalue weighted by Gasteiger charge is 2.19. The summed E-state index contributed by atoms with van der Waals surface area (Å²) in [6, 6.07) is 5.82. The summed E-state index contributed by atoms with van der Waals surface area (Å²) in [5.74, 6) is 0. The van der Waals surface area contributed by atoms with Gasteiger partial charge in [0.1, 0.15) is 0 Å². The molecule has 4 nitrogen and oxygen atoms in total. The van der Waals surface area contributed by atoms with Crippen molar-refractivity contribution in [2.24, 2.45) is 0 Å². The smallest absolute Gasteiger partial charge is 0.0954 e. The zero-order valence-corrected chi connectivity index (χ0v) is 12.9. The molecule has 0 aliphatic rings. The molecule has 3 N–H and O–H groups in total. The van der Waals surface area contributed by atoms with Crippen molar-refractivity contribution < 1.29 is 4.74 Å². The highest BCUT2D eigenvalue weighted by atomic mass is 79.9. The fourth-order valence-corrected chi connectivity index (χ4v) is 2.41. The molecule has 2 aromatic rings. The molecule has 0 saturated heterocycles. The fraction of sp³-hybridized carbons (Fsp3) is 0.357. The van der Waals surface area contributed by atoms with E-state index >= 15 is 0 Å². The van der Waals surface area contributed by atoms with E-state index < -0.39 is 0 Å². The predicted octanol–water partition coefficient (Wildman–Crippen LogP) is 3.42. The maximum absolute atomic E-state index is 6.00. The van der Waals surface area contributed by atoms with E-state index in [4.69, 9.17) is 10.5 Å². The van der Waals surface area contributed by atoms with Gasteiger partial charge >= 0.3 is 0 Å². The predicted molar refractivity (Wildman–Crippen MR) is 83.4 cm³/mol. The molecule has 1 aromatic carbocycles. The number of nitrogens with zero attached hydrogens (tertiary/aromatic N) is 1. The van der Waals surface area contributed by atoms with Gasteiger partial charge in [0, 0.05) is 28.9 Å². The molecule has 0 aliphatic heterocycles. The zero-order chi connectivity index (χ0) is 14.0. The van der Waals surface area contributed by atoms with Crippen LogP contribution in [0.3, 0.4) is 0 Å². The number of aromatic nitrogens is 1. The molecule has 0 aliphatic carbocycles. The Morgan fingerprint density at radius 2 is 2.16 bits per heavy atom. The molecule has 2 rings (SSSR count). The van der Waals surface area contributed by atoms with E-state index in [0.717, 1.165) is 26.8 Å². The number of rotatable bonds is 4. The average molecular weight is 324 g/mol. The van der Waals surface area contributed by atoms with E-state index in [1.807, 2.05) is 18.2 Å². The van der Waals surface area contributed by atoms with Gasteiger partial charge in [0.25, 0.3) is 0 Å². The van der Waals surface area contributed by atoms with E-state index in [2.05, 4.69) is 40.1 Å². The first kappa shape index (κ1) is 14.1. The molecule has 0 bridgehead atoms. The monoisotopic (exact) mass is 323 g/mol. The van der Waals surface area contributed by atoms with Crippen LogP contribution in [0.2, 0.25) is 0 Å². The summed E-state index contributed by atoms with van der Waals surface area (Å²) >= 11 is 3.42. The lowest BCUT2D eigenvalue weighted by atomic mass is 10.1. The maximum atomic E-state index is 6.00. The molecule has 0 radical (unpaired) electrons. The molecule has 1 aromatic heterocycles. The minimum atomic E-state index is -0.174. The molecular formula is C14H18BrN3O. The summed E-state index contributed by atoms with van der Waals surface area (Å²) in [4.78, 5) is 4.46. The Balaban J connectivity index is 2.47. The lowest BCUT2D eigenvalue weighted by Crippen LogP contribution is -2.36. The van der Waals surface area contributed by atoms with E-state index in [9.17, 15) is 0 Å². The molecule has 0 unspecified atom stereocenters. The number of methoxy groups -OCH3 is 1. The first-order valence-corrected chi connectivity index (χ1v) is 6.83. The van der Waals surface area contributed by atoms with Crippen molar-refractivity contribution in [3.05, 3.63) is 28.9 Å². The van der Waals surface area contributed by atoms with Gasteiger partial charge in [-0.2, -0.15) is 0 Å². The number of nitrogen functional groups attached to an aromatic ring is 1. The number of pyridine rings is 1. The van der Waals surface area contributed by atoms with Gasteiger partial charge in [-0.05, 0) is 48.0 Å². The molecule has 0 saturated carbocycles. The summed E-state index contributed by atoms with van der Waals surface area (Å²) < 4.78 is 6.14. The summed E-state index contributed by atoms with van der Waals surface area (Å²) in [7, 11) is 1.69. The van der Waals surface area contributed by atoms with Crippen LogP contribution in [0, 0.1) is 0 Å². The van der Waals surface area contributed by atoms with E-state index in [1.54, 1.807) is 13.3 Å². The lowest BCUT2D eigenvalue weighted by Gasteiger charge is -2.27. The van der Waals surface area contributed by atoms with Crippen molar-refractivity contribution in [1.29, 1.82) is 0 Å². The van der Waals surface area contributed by atoms with Crippen LogP contribution in [0.5, 0.6) is 0 Å². The third-order valence-electron chi connectivity index (χ3n) is 2.83. The van der Waals surface area contributed by atoms with Gasteiger partial charge in [0.05, 0.1) is 23.3 Å². The van der Waals surface area contributed by atoms with Crippen LogP contribution < -0.4 is 11.1 Å². The number of benzene rings is 1. The fourth-order valence-electron chi connectivity index (χ4n) is 2.08. The van der Waals surface area contributed by atoms with Crippen LogP contribution in [0.15, 0.2) is 28.9 Å². The quantitative estimate of drug-likeness (QED) is 0.846. The van der Waals surface area contributed by atoms with Gasteiger partial charge in [0.2, 0.25) is 0 Å². The second-order valence-corrected chi connectivity index (χ2v) is 6.11. The maximum Gasteiger partial charge on any atom is 0.0954 e. The van der Waals surface area contributed by atoms with Crippen LogP contribution in [-0.4, -0.2) is 24.2 Å². The van der Waals surface area contributed by atoms with Gasteiger partial charge < -0.3 is 15.8 Å². The van der Waals surface area contributed by atoms with Crippen molar-refractivity contribution >= 4 is 38.2 Å². The Hall–Kier alpha value is -1.33. The second kappa shape index (κ2) is 5.35. The van der Waals surface area contributed by atoms with E-state index in [0.29, 0.717) is 6.61 Å². The number of nitrogens with one attached hydrogen (secondary N) is 1.